The standard InChI is InChI=1S/C32H35N7O2/c1-5-33-15-22-16-34-17-26(20(22)2)21-9-10-27-25(13-21)29(38-37-27)30-35-18-28(36-30)31(40)39-12-11-32(3,19-39)23-7-6-8-24(14-23)41-4/h6-10,13-14,16-18,33H,5,11-12,15,19H2,1-4H3,(H,35,36)(H,37,38). The fourth-order valence-electron chi connectivity index (χ4n) is 5.75. The Bertz CT molecular complexity index is 1720. The first-order chi connectivity index (χ1) is 19.9. The van der Waals surface area contributed by atoms with Crippen molar-refractivity contribution >= 4 is 16.8 Å². The summed E-state index contributed by atoms with van der Waals surface area (Å²) in [5.41, 5.74) is 7.58. The number of fused-ring (bicyclic) bond motifs is 1. The SMILES string of the molecule is CCNCc1cncc(-c2ccc3[nH]nc(-c4ncc(C(=O)N5CCC(C)(c6cccc(OC)c6)C5)[nH]4)c3c2)c1C. The maximum atomic E-state index is 13.5. The number of methoxy groups -OCH3 is 1. The molecular weight excluding hydrogens is 514 g/mol. The van der Waals surface area contributed by atoms with Crippen molar-refractivity contribution in [3.8, 4) is 28.4 Å². The number of rotatable bonds is 8. The Labute approximate surface area is 239 Å². The van der Waals surface area contributed by atoms with E-state index in [4.69, 9.17) is 4.74 Å². The number of benzene rings is 2. The Morgan fingerprint density at radius 3 is 2.88 bits per heavy atom. The molecule has 6 rings (SSSR count). The maximum absolute atomic E-state index is 13.5. The average molecular weight is 550 g/mol. The van der Waals surface area contributed by atoms with E-state index < -0.39 is 0 Å². The molecule has 3 aromatic heterocycles. The van der Waals surface area contributed by atoms with Gasteiger partial charge in [0.1, 0.15) is 17.1 Å². The van der Waals surface area contributed by atoms with Crippen molar-refractivity contribution < 1.29 is 9.53 Å². The van der Waals surface area contributed by atoms with Crippen LogP contribution < -0.4 is 10.1 Å². The molecule has 0 bridgehead atoms. The minimum absolute atomic E-state index is 0.0601. The van der Waals surface area contributed by atoms with E-state index in [1.807, 2.05) is 35.5 Å². The van der Waals surface area contributed by atoms with Crippen LogP contribution in [0.3, 0.4) is 0 Å². The number of imidazole rings is 1. The fourth-order valence-corrected chi connectivity index (χ4v) is 5.75. The van der Waals surface area contributed by atoms with Gasteiger partial charge in [-0.05, 0) is 66.4 Å². The van der Waals surface area contributed by atoms with E-state index in [-0.39, 0.29) is 11.3 Å². The number of carbonyl (C=O) groups excluding carboxylic acids is 1. The predicted molar refractivity (Wildman–Crippen MR) is 160 cm³/mol. The van der Waals surface area contributed by atoms with Gasteiger partial charge in [0.15, 0.2) is 5.82 Å². The molecule has 1 unspecified atom stereocenters. The molecule has 1 saturated heterocycles. The van der Waals surface area contributed by atoms with E-state index in [1.165, 1.54) is 16.7 Å². The molecule has 9 heteroatoms. The van der Waals surface area contributed by atoms with Gasteiger partial charge >= 0.3 is 0 Å². The number of hydrogen-bond acceptors (Lipinski definition) is 6. The summed E-state index contributed by atoms with van der Waals surface area (Å²) in [5.74, 6) is 1.33. The van der Waals surface area contributed by atoms with Crippen LogP contribution in [0.25, 0.3) is 33.5 Å². The highest BCUT2D eigenvalue weighted by molar-refractivity contribution is 5.96. The van der Waals surface area contributed by atoms with Crippen molar-refractivity contribution in [1.82, 2.24) is 35.4 Å². The van der Waals surface area contributed by atoms with Crippen molar-refractivity contribution in [2.75, 3.05) is 26.7 Å². The first-order valence-electron chi connectivity index (χ1n) is 14.0. The second kappa shape index (κ2) is 10.8. The summed E-state index contributed by atoms with van der Waals surface area (Å²) in [4.78, 5) is 27.7. The van der Waals surface area contributed by atoms with Crippen LogP contribution in [0.1, 0.15) is 47.4 Å². The molecule has 1 atom stereocenters. The Kier molecular flexibility index (Phi) is 7.05. The normalized spacial score (nSPS) is 16.9. The van der Waals surface area contributed by atoms with Gasteiger partial charge in [-0.3, -0.25) is 14.9 Å². The lowest BCUT2D eigenvalue weighted by molar-refractivity contribution is 0.0779. The molecule has 0 saturated carbocycles. The van der Waals surface area contributed by atoms with E-state index in [1.54, 1.807) is 13.3 Å². The van der Waals surface area contributed by atoms with E-state index in [0.29, 0.717) is 30.3 Å². The zero-order chi connectivity index (χ0) is 28.6. The fraction of sp³-hybridized carbons (Fsp3) is 0.312. The first kappa shape index (κ1) is 26.7. The number of nitrogens with one attached hydrogen (secondary N) is 3. The smallest absolute Gasteiger partial charge is 0.271 e. The highest BCUT2D eigenvalue weighted by atomic mass is 16.5. The lowest BCUT2D eigenvalue weighted by atomic mass is 9.82. The third-order valence-electron chi connectivity index (χ3n) is 8.32. The Morgan fingerprint density at radius 1 is 1.17 bits per heavy atom. The summed E-state index contributed by atoms with van der Waals surface area (Å²) in [7, 11) is 1.67. The topological polar surface area (TPSA) is 112 Å². The summed E-state index contributed by atoms with van der Waals surface area (Å²) in [5, 5.41) is 12.0. The van der Waals surface area contributed by atoms with Crippen LogP contribution in [0.4, 0.5) is 0 Å². The molecular formula is C32H35N7O2. The third kappa shape index (κ3) is 4.97. The van der Waals surface area contributed by atoms with Gasteiger partial charge in [0.2, 0.25) is 0 Å². The summed E-state index contributed by atoms with van der Waals surface area (Å²) < 4.78 is 5.42. The molecule has 0 radical (unpaired) electrons. The molecule has 2 aromatic carbocycles. The molecule has 0 spiro atoms. The molecule has 5 aromatic rings. The van der Waals surface area contributed by atoms with Gasteiger partial charge < -0.3 is 19.9 Å². The average Bonchev–Trinajstić information content (AvgIpc) is 3.75. The number of amides is 1. The molecule has 1 amide bonds. The van der Waals surface area contributed by atoms with Gasteiger partial charge in [0.25, 0.3) is 5.91 Å². The van der Waals surface area contributed by atoms with Gasteiger partial charge in [-0.15, -0.1) is 0 Å². The van der Waals surface area contributed by atoms with Gasteiger partial charge in [0, 0.05) is 48.4 Å². The van der Waals surface area contributed by atoms with Crippen LogP contribution in [-0.2, 0) is 12.0 Å². The Morgan fingerprint density at radius 2 is 2.05 bits per heavy atom. The summed E-state index contributed by atoms with van der Waals surface area (Å²) in [6, 6.07) is 14.3. The minimum Gasteiger partial charge on any atom is -0.497 e. The third-order valence-corrected chi connectivity index (χ3v) is 8.32. The molecule has 0 aliphatic carbocycles. The first-order valence-corrected chi connectivity index (χ1v) is 14.0. The molecule has 1 fully saturated rings. The summed E-state index contributed by atoms with van der Waals surface area (Å²) in [6.45, 7) is 9.42. The second-order valence-corrected chi connectivity index (χ2v) is 11.0. The van der Waals surface area contributed by atoms with Crippen molar-refractivity contribution in [3.05, 3.63) is 83.4 Å². The van der Waals surface area contributed by atoms with Gasteiger partial charge in [-0.2, -0.15) is 5.10 Å². The van der Waals surface area contributed by atoms with E-state index in [2.05, 4.69) is 75.5 Å². The number of ether oxygens (including phenoxy) is 1. The van der Waals surface area contributed by atoms with Crippen LogP contribution in [0.2, 0.25) is 0 Å². The number of pyridine rings is 1. The number of hydrogen-bond donors (Lipinski definition) is 3. The highest BCUT2D eigenvalue weighted by Crippen LogP contribution is 2.36. The monoisotopic (exact) mass is 549 g/mol. The zero-order valence-electron chi connectivity index (χ0n) is 23.9. The largest absolute Gasteiger partial charge is 0.497 e. The van der Waals surface area contributed by atoms with Crippen molar-refractivity contribution in [2.24, 2.45) is 0 Å². The number of aromatic amines is 2. The number of nitrogens with zero attached hydrogens (tertiary/aromatic N) is 4. The van der Waals surface area contributed by atoms with Crippen LogP contribution in [-0.4, -0.2) is 62.7 Å². The summed E-state index contributed by atoms with van der Waals surface area (Å²) in [6.07, 6.45) is 6.32. The van der Waals surface area contributed by atoms with Gasteiger partial charge in [-0.25, -0.2) is 4.98 Å². The molecule has 3 N–H and O–H groups in total. The quantitative estimate of drug-likeness (QED) is 0.244. The molecule has 41 heavy (non-hydrogen) atoms. The highest BCUT2D eigenvalue weighted by Gasteiger charge is 2.38. The molecule has 1 aliphatic heterocycles. The van der Waals surface area contributed by atoms with Gasteiger partial charge in [0.05, 0.1) is 18.8 Å². The molecule has 210 valence electrons. The van der Waals surface area contributed by atoms with E-state index >= 15 is 0 Å². The number of carbonyl (C=O) groups is 1. The van der Waals surface area contributed by atoms with Crippen LogP contribution in [0, 0.1) is 6.92 Å². The van der Waals surface area contributed by atoms with Crippen LogP contribution in [0.5, 0.6) is 5.75 Å². The molecule has 9 nitrogen and oxygen atoms in total. The number of likely N-dealkylation sites (tertiary alicyclic amines) is 1. The van der Waals surface area contributed by atoms with Crippen molar-refractivity contribution in [1.29, 1.82) is 0 Å². The van der Waals surface area contributed by atoms with Crippen LogP contribution in [0.15, 0.2) is 61.1 Å². The maximum Gasteiger partial charge on any atom is 0.271 e. The minimum atomic E-state index is -0.140. The van der Waals surface area contributed by atoms with Gasteiger partial charge in [-0.1, -0.05) is 32.0 Å². The van der Waals surface area contributed by atoms with Crippen molar-refractivity contribution in [3.63, 3.8) is 0 Å². The zero-order valence-corrected chi connectivity index (χ0v) is 23.9. The molecule has 4 heterocycles. The van der Waals surface area contributed by atoms with E-state index in [0.717, 1.165) is 47.3 Å². The van der Waals surface area contributed by atoms with E-state index in [9.17, 15) is 4.79 Å². The summed E-state index contributed by atoms with van der Waals surface area (Å²) >= 11 is 0. The Hall–Kier alpha value is -4.50. The Balaban J connectivity index is 1.25. The van der Waals surface area contributed by atoms with Crippen LogP contribution >= 0.6 is 0 Å². The lowest BCUT2D eigenvalue weighted by Crippen LogP contribution is -2.33. The number of aromatic nitrogens is 5. The molecule has 1 aliphatic rings. The second-order valence-electron chi connectivity index (χ2n) is 11.0. The lowest BCUT2D eigenvalue weighted by Gasteiger charge is -2.25. The number of H-pyrrole nitrogens is 2. The predicted octanol–water partition coefficient (Wildman–Crippen LogP) is 5.25. The van der Waals surface area contributed by atoms with Crippen molar-refractivity contribution in [2.45, 2.75) is 39.2 Å².